The third-order valence-electron chi connectivity index (χ3n) is 3.78. The van der Waals surface area contributed by atoms with Crippen LogP contribution in [0.1, 0.15) is 36.9 Å². The molecule has 1 aliphatic carbocycles. The van der Waals surface area contributed by atoms with E-state index in [1.165, 1.54) is 24.5 Å². The van der Waals surface area contributed by atoms with Gasteiger partial charge in [0, 0.05) is 6.04 Å². The van der Waals surface area contributed by atoms with E-state index in [0.29, 0.717) is 5.92 Å². The highest BCUT2D eigenvalue weighted by Crippen LogP contribution is 2.43. The van der Waals surface area contributed by atoms with Crippen molar-refractivity contribution in [1.82, 2.24) is 5.32 Å². The molecule has 88 valence electrons. The zero-order chi connectivity index (χ0) is 11.7. The molecule has 2 rings (SSSR count). The van der Waals surface area contributed by atoms with Crippen LogP contribution in [0.5, 0.6) is 0 Å². The number of hydrogen-bond donors (Lipinski definition) is 1. The molecule has 0 amide bonds. The van der Waals surface area contributed by atoms with Crippen molar-refractivity contribution in [2.45, 2.75) is 32.7 Å². The third-order valence-corrected chi connectivity index (χ3v) is 3.78. The van der Waals surface area contributed by atoms with Crippen LogP contribution < -0.4 is 5.32 Å². The summed E-state index contributed by atoms with van der Waals surface area (Å²) >= 11 is 0. The maximum absolute atomic E-state index is 13.3. The molecule has 16 heavy (non-hydrogen) atoms. The fraction of sp³-hybridized carbons (Fsp3) is 0.571. The molecule has 0 bridgehead atoms. The Morgan fingerprint density at radius 1 is 1.38 bits per heavy atom. The number of benzene rings is 1. The van der Waals surface area contributed by atoms with E-state index in [4.69, 9.17) is 0 Å². The van der Waals surface area contributed by atoms with Crippen LogP contribution in [0, 0.1) is 24.6 Å². The lowest BCUT2D eigenvalue weighted by Crippen LogP contribution is -2.25. The van der Waals surface area contributed by atoms with Gasteiger partial charge in [0.25, 0.3) is 0 Å². The summed E-state index contributed by atoms with van der Waals surface area (Å²) in [6.45, 7) is 4.32. The van der Waals surface area contributed by atoms with E-state index in [0.717, 1.165) is 11.5 Å². The molecule has 1 N–H and O–H groups in total. The van der Waals surface area contributed by atoms with E-state index in [9.17, 15) is 4.39 Å². The van der Waals surface area contributed by atoms with Crippen molar-refractivity contribution in [2.24, 2.45) is 11.8 Å². The molecule has 0 aliphatic heterocycles. The molecule has 1 aliphatic rings. The van der Waals surface area contributed by atoms with Crippen LogP contribution in [0.3, 0.4) is 0 Å². The first kappa shape index (κ1) is 11.6. The Morgan fingerprint density at radius 3 is 2.62 bits per heavy atom. The van der Waals surface area contributed by atoms with Crippen LogP contribution in [0.15, 0.2) is 18.2 Å². The van der Waals surface area contributed by atoms with Crippen LogP contribution in [0.4, 0.5) is 4.39 Å². The summed E-state index contributed by atoms with van der Waals surface area (Å²) in [5.74, 6) is 1.27. The van der Waals surface area contributed by atoms with E-state index in [1.54, 1.807) is 6.07 Å². The minimum absolute atomic E-state index is 0.135. The van der Waals surface area contributed by atoms with Crippen LogP contribution in [0.2, 0.25) is 0 Å². The Hall–Kier alpha value is -0.890. The molecular weight excluding hydrogens is 201 g/mol. The smallest absolute Gasteiger partial charge is 0.123 e. The summed E-state index contributed by atoms with van der Waals surface area (Å²) in [7, 11) is 1.97. The fourth-order valence-electron chi connectivity index (χ4n) is 2.54. The molecule has 0 saturated heterocycles. The van der Waals surface area contributed by atoms with Crippen molar-refractivity contribution in [1.29, 1.82) is 0 Å². The molecular formula is C14H20FN. The summed E-state index contributed by atoms with van der Waals surface area (Å²) in [6.07, 6.45) is 2.65. The van der Waals surface area contributed by atoms with Gasteiger partial charge in [0.05, 0.1) is 0 Å². The molecule has 2 heteroatoms. The first-order valence-electron chi connectivity index (χ1n) is 6.06. The van der Waals surface area contributed by atoms with Gasteiger partial charge < -0.3 is 5.32 Å². The van der Waals surface area contributed by atoms with Crippen molar-refractivity contribution in [3.8, 4) is 0 Å². The molecule has 0 aromatic heterocycles. The molecule has 1 aromatic carbocycles. The zero-order valence-electron chi connectivity index (χ0n) is 10.3. The minimum atomic E-state index is -0.135. The molecule has 1 fully saturated rings. The number of aryl methyl sites for hydroxylation is 1. The maximum atomic E-state index is 13.3. The van der Waals surface area contributed by atoms with Crippen LogP contribution in [-0.2, 0) is 0 Å². The normalized spacial score (nSPS) is 19.5. The number of hydrogen-bond acceptors (Lipinski definition) is 1. The minimum Gasteiger partial charge on any atom is -0.313 e. The third kappa shape index (κ3) is 2.27. The van der Waals surface area contributed by atoms with Crippen molar-refractivity contribution in [3.05, 3.63) is 35.1 Å². The number of halogens is 1. The van der Waals surface area contributed by atoms with Gasteiger partial charge in [-0.05, 0) is 61.9 Å². The maximum Gasteiger partial charge on any atom is 0.123 e. The highest BCUT2D eigenvalue weighted by molar-refractivity contribution is 5.30. The molecule has 1 saturated carbocycles. The number of rotatable bonds is 4. The SMILES string of the molecule is CNC(c1cc(F)ccc1C)C(C)C1CC1. The molecule has 1 nitrogen and oxygen atoms in total. The van der Waals surface area contributed by atoms with E-state index >= 15 is 0 Å². The average Bonchev–Trinajstić information content (AvgIpc) is 3.07. The lowest BCUT2D eigenvalue weighted by Gasteiger charge is -2.25. The van der Waals surface area contributed by atoms with Gasteiger partial charge in [-0.25, -0.2) is 4.39 Å². The zero-order valence-corrected chi connectivity index (χ0v) is 10.3. The van der Waals surface area contributed by atoms with Crippen LogP contribution in [0.25, 0.3) is 0 Å². The molecule has 0 heterocycles. The summed E-state index contributed by atoms with van der Waals surface area (Å²) < 4.78 is 13.3. The summed E-state index contributed by atoms with van der Waals surface area (Å²) in [5.41, 5.74) is 2.29. The van der Waals surface area contributed by atoms with Gasteiger partial charge in [-0.2, -0.15) is 0 Å². The second-order valence-electron chi connectivity index (χ2n) is 4.96. The lowest BCUT2D eigenvalue weighted by atomic mass is 9.88. The van der Waals surface area contributed by atoms with Gasteiger partial charge in [-0.3, -0.25) is 0 Å². The molecule has 1 aromatic rings. The quantitative estimate of drug-likeness (QED) is 0.821. The average molecular weight is 221 g/mol. The Balaban J connectivity index is 2.27. The lowest BCUT2D eigenvalue weighted by molar-refractivity contribution is 0.367. The van der Waals surface area contributed by atoms with Gasteiger partial charge in [-0.15, -0.1) is 0 Å². The van der Waals surface area contributed by atoms with Crippen molar-refractivity contribution in [3.63, 3.8) is 0 Å². The van der Waals surface area contributed by atoms with Gasteiger partial charge in [0.2, 0.25) is 0 Å². The second-order valence-corrected chi connectivity index (χ2v) is 4.96. The molecule has 2 unspecified atom stereocenters. The molecule has 0 spiro atoms. The van der Waals surface area contributed by atoms with E-state index in [-0.39, 0.29) is 11.9 Å². The Bertz CT molecular complexity index is 371. The molecule has 0 radical (unpaired) electrons. The van der Waals surface area contributed by atoms with Gasteiger partial charge in [0.1, 0.15) is 5.82 Å². The summed E-state index contributed by atoms with van der Waals surface area (Å²) in [5, 5.41) is 3.34. The second kappa shape index (κ2) is 4.54. The summed E-state index contributed by atoms with van der Waals surface area (Å²) in [6, 6.07) is 5.36. The highest BCUT2D eigenvalue weighted by atomic mass is 19.1. The monoisotopic (exact) mass is 221 g/mol. The molecule has 2 atom stereocenters. The van der Waals surface area contributed by atoms with Gasteiger partial charge >= 0.3 is 0 Å². The Labute approximate surface area is 97.1 Å². The van der Waals surface area contributed by atoms with E-state index in [1.807, 2.05) is 13.1 Å². The predicted molar refractivity (Wildman–Crippen MR) is 64.8 cm³/mol. The van der Waals surface area contributed by atoms with Gasteiger partial charge in [-0.1, -0.05) is 13.0 Å². The van der Waals surface area contributed by atoms with Crippen LogP contribution >= 0.6 is 0 Å². The van der Waals surface area contributed by atoms with E-state index in [2.05, 4.69) is 19.2 Å². The first-order chi connectivity index (χ1) is 7.63. The van der Waals surface area contributed by atoms with Crippen molar-refractivity contribution < 1.29 is 4.39 Å². The largest absolute Gasteiger partial charge is 0.313 e. The Kier molecular flexibility index (Phi) is 3.29. The highest BCUT2D eigenvalue weighted by Gasteiger charge is 2.33. The standard InChI is InChI=1S/C14H20FN/c1-9-4-7-12(15)8-13(9)14(16-3)10(2)11-5-6-11/h4,7-8,10-11,14,16H,5-6H2,1-3H3. The fourth-order valence-corrected chi connectivity index (χ4v) is 2.54. The van der Waals surface area contributed by atoms with Gasteiger partial charge in [0.15, 0.2) is 0 Å². The Morgan fingerprint density at radius 2 is 2.06 bits per heavy atom. The van der Waals surface area contributed by atoms with Crippen molar-refractivity contribution >= 4 is 0 Å². The first-order valence-corrected chi connectivity index (χ1v) is 6.06. The summed E-state index contributed by atoms with van der Waals surface area (Å²) in [4.78, 5) is 0. The van der Waals surface area contributed by atoms with E-state index < -0.39 is 0 Å². The van der Waals surface area contributed by atoms with Crippen molar-refractivity contribution in [2.75, 3.05) is 7.05 Å². The number of nitrogens with one attached hydrogen (secondary N) is 1. The predicted octanol–water partition coefficient (Wildman–Crippen LogP) is 3.44. The topological polar surface area (TPSA) is 12.0 Å². The van der Waals surface area contributed by atoms with Crippen LogP contribution in [-0.4, -0.2) is 7.05 Å².